The third-order valence-corrected chi connectivity index (χ3v) is 8.36. The van der Waals surface area contributed by atoms with Crippen molar-refractivity contribution in [1.29, 1.82) is 0 Å². The molecule has 0 unspecified atom stereocenters. The average Bonchev–Trinajstić information content (AvgIpc) is 3.40. The van der Waals surface area contributed by atoms with Gasteiger partial charge in [0, 0.05) is 15.6 Å². The predicted octanol–water partition coefficient (Wildman–Crippen LogP) is 6.44. The van der Waals surface area contributed by atoms with E-state index in [1.54, 1.807) is 28.0 Å². The molecule has 0 bridgehead atoms. The van der Waals surface area contributed by atoms with Crippen LogP contribution < -0.4 is 10.9 Å². The van der Waals surface area contributed by atoms with E-state index in [4.69, 9.17) is 16.6 Å². The minimum atomic E-state index is -0.145. The first-order chi connectivity index (χ1) is 16.4. The lowest BCUT2D eigenvalue weighted by atomic mass is 10.0. The van der Waals surface area contributed by atoms with Crippen molar-refractivity contribution in [2.24, 2.45) is 0 Å². The summed E-state index contributed by atoms with van der Waals surface area (Å²) in [6, 6.07) is 15.0. The number of hydrogen-bond donors (Lipinski definition) is 1. The zero-order chi connectivity index (χ0) is 23.8. The van der Waals surface area contributed by atoms with E-state index in [-0.39, 0.29) is 17.2 Å². The van der Waals surface area contributed by atoms with Gasteiger partial charge >= 0.3 is 0 Å². The number of nitrogens with zero attached hydrogens (tertiary/aromatic N) is 2. The maximum absolute atomic E-state index is 13.7. The van der Waals surface area contributed by atoms with Gasteiger partial charge in [-0.3, -0.25) is 14.2 Å². The summed E-state index contributed by atoms with van der Waals surface area (Å²) in [5, 5.41) is 4.75. The molecule has 4 aromatic rings. The van der Waals surface area contributed by atoms with Crippen LogP contribution in [-0.4, -0.2) is 21.2 Å². The molecule has 1 aliphatic carbocycles. The van der Waals surface area contributed by atoms with Gasteiger partial charge in [-0.25, -0.2) is 4.98 Å². The molecule has 0 radical (unpaired) electrons. The van der Waals surface area contributed by atoms with Gasteiger partial charge in [0.1, 0.15) is 4.83 Å². The number of benzene rings is 2. The molecule has 0 atom stereocenters. The van der Waals surface area contributed by atoms with Gasteiger partial charge in [0.25, 0.3) is 5.56 Å². The number of nitrogens with one attached hydrogen (secondary N) is 1. The maximum Gasteiger partial charge on any atom is 0.267 e. The molecule has 174 valence electrons. The minimum Gasteiger partial charge on any atom is -0.325 e. The number of carbonyl (C=O) groups excluding carboxylic acids is 1. The third-order valence-electron chi connectivity index (χ3n) is 5.99. The van der Waals surface area contributed by atoms with E-state index in [9.17, 15) is 9.59 Å². The highest BCUT2D eigenvalue weighted by molar-refractivity contribution is 7.99. The Morgan fingerprint density at radius 1 is 1.15 bits per heavy atom. The van der Waals surface area contributed by atoms with Crippen LogP contribution in [0.15, 0.2) is 58.5 Å². The number of halogens is 1. The van der Waals surface area contributed by atoms with Gasteiger partial charge in [-0.05, 0) is 72.7 Å². The van der Waals surface area contributed by atoms with Crippen LogP contribution in [-0.2, 0) is 17.6 Å². The molecule has 1 amide bonds. The van der Waals surface area contributed by atoms with Crippen molar-refractivity contribution < 1.29 is 4.79 Å². The molecule has 1 aliphatic rings. The Labute approximate surface area is 211 Å². The molecule has 0 saturated heterocycles. The Morgan fingerprint density at radius 3 is 2.59 bits per heavy atom. The Morgan fingerprint density at radius 2 is 1.88 bits per heavy atom. The van der Waals surface area contributed by atoms with E-state index in [0.717, 1.165) is 35.3 Å². The summed E-state index contributed by atoms with van der Waals surface area (Å²) in [4.78, 5) is 33.2. The lowest BCUT2D eigenvalue weighted by Crippen LogP contribution is -2.23. The zero-order valence-corrected chi connectivity index (χ0v) is 21.3. The Kier molecular flexibility index (Phi) is 6.51. The monoisotopic (exact) mass is 509 g/mol. The number of thioether (sulfide) groups is 1. The molecule has 1 N–H and O–H groups in total. The van der Waals surface area contributed by atoms with Gasteiger partial charge in [-0.2, -0.15) is 0 Å². The average molecular weight is 510 g/mol. The number of anilines is 1. The van der Waals surface area contributed by atoms with Crippen molar-refractivity contribution >= 4 is 56.5 Å². The first-order valence-electron chi connectivity index (χ1n) is 11.3. The highest BCUT2D eigenvalue weighted by atomic mass is 35.5. The smallest absolute Gasteiger partial charge is 0.267 e. The van der Waals surface area contributed by atoms with E-state index >= 15 is 0 Å². The first-order valence-corrected chi connectivity index (χ1v) is 13.4. The number of aromatic nitrogens is 2. The summed E-state index contributed by atoms with van der Waals surface area (Å²) in [6.45, 7) is 4.27. The fraction of sp³-hybridized carbons (Fsp3) is 0.269. The van der Waals surface area contributed by atoms with Gasteiger partial charge in [0.2, 0.25) is 5.91 Å². The van der Waals surface area contributed by atoms with E-state index in [2.05, 4.69) is 19.2 Å². The van der Waals surface area contributed by atoms with Crippen molar-refractivity contribution in [3.63, 3.8) is 0 Å². The lowest BCUT2D eigenvalue weighted by Gasteiger charge is -2.13. The maximum atomic E-state index is 13.7. The summed E-state index contributed by atoms with van der Waals surface area (Å²) < 4.78 is 1.61. The van der Waals surface area contributed by atoms with Crippen LogP contribution in [0.25, 0.3) is 15.9 Å². The number of carbonyl (C=O) groups is 1. The van der Waals surface area contributed by atoms with Gasteiger partial charge in [-0.15, -0.1) is 11.3 Å². The summed E-state index contributed by atoms with van der Waals surface area (Å²) in [5.74, 6) is 0.431. The molecule has 2 heterocycles. The molecule has 8 heteroatoms. The Bertz CT molecular complexity index is 1420. The van der Waals surface area contributed by atoms with E-state index in [0.29, 0.717) is 27.2 Å². The van der Waals surface area contributed by atoms with Crippen molar-refractivity contribution in [1.82, 2.24) is 9.55 Å². The largest absolute Gasteiger partial charge is 0.325 e. The summed E-state index contributed by atoms with van der Waals surface area (Å²) in [6.07, 6.45) is 2.99. The number of aryl methyl sites for hydroxylation is 2. The predicted molar refractivity (Wildman–Crippen MR) is 142 cm³/mol. The van der Waals surface area contributed by atoms with E-state index in [1.807, 2.05) is 36.4 Å². The quantitative estimate of drug-likeness (QED) is 0.240. The molecule has 5 rings (SSSR count). The van der Waals surface area contributed by atoms with Crippen LogP contribution in [0.5, 0.6) is 0 Å². The Balaban J connectivity index is 1.45. The van der Waals surface area contributed by atoms with Gasteiger partial charge in [0.05, 0.1) is 16.8 Å². The van der Waals surface area contributed by atoms with Gasteiger partial charge in [0.15, 0.2) is 5.16 Å². The number of amides is 1. The van der Waals surface area contributed by atoms with Crippen LogP contribution in [0.3, 0.4) is 0 Å². The van der Waals surface area contributed by atoms with Crippen molar-refractivity contribution in [2.45, 2.75) is 44.2 Å². The van der Waals surface area contributed by atoms with Crippen LogP contribution in [0.1, 0.15) is 42.2 Å². The summed E-state index contributed by atoms with van der Waals surface area (Å²) in [7, 11) is 0. The fourth-order valence-corrected chi connectivity index (χ4v) is 6.46. The molecule has 0 aliphatic heterocycles. The van der Waals surface area contributed by atoms with E-state index < -0.39 is 0 Å². The zero-order valence-electron chi connectivity index (χ0n) is 18.9. The van der Waals surface area contributed by atoms with E-state index in [1.165, 1.54) is 22.2 Å². The molecule has 0 spiro atoms. The van der Waals surface area contributed by atoms with Gasteiger partial charge < -0.3 is 5.32 Å². The highest BCUT2D eigenvalue weighted by Gasteiger charge is 2.24. The molecular formula is C26H24ClN3O2S2. The Hall–Kier alpha value is -2.61. The second-order valence-corrected chi connectivity index (χ2v) is 11.1. The molecule has 2 aromatic carbocycles. The highest BCUT2D eigenvalue weighted by Crippen LogP contribution is 2.36. The number of hydrogen-bond acceptors (Lipinski definition) is 5. The van der Waals surface area contributed by atoms with Crippen LogP contribution >= 0.6 is 34.7 Å². The number of thiophene rings is 1. The number of rotatable bonds is 6. The molecular weight excluding hydrogens is 486 g/mol. The second-order valence-electron chi connectivity index (χ2n) is 8.66. The van der Waals surface area contributed by atoms with Gasteiger partial charge in [-0.1, -0.05) is 49.3 Å². The lowest BCUT2D eigenvalue weighted by molar-refractivity contribution is -0.113. The molecule has 0 saturated carbocycles. The van der Waals surface area contributed by atoms with Crippen LogP contribution in [0, 0.1) is 0 Å². The SMILES string of the molecule is CC(C)c1ccc(NC(=O)CSc2nc3sc4c(c3c(=O)n2-c2ccc(Cl)cc2)CCC4)cc1. The summed E-state index contributed by atoms with van der Waals surface area (Å²) in [5.41, 5.74) is 3.72. The summed E-state index contributed by atoms with van der Waals surface area (Å²) >= 11 is 8.95. The number of fused-ring (bicyclic) bond motifs is 3. The van der Waals surface area contributed by atoms with Crippen molar-refractivity contribution in [3.05, 3.63) is 79.9 Å². The topological polar surface area (TPSA) is 64.0 Å². The molecule has 2 aromatic heterocycles. The minimum absolute atomic E-state index is 0.0843. The van der Waals surface area contributed by atoms with Crippen molar-refractivity contribution in [3.8, 4) is 5.69 Å². The first kappa shape index (κ1) is 23.1. The standard InChI is InChI=1S/C26H24ClN3O2S2/c1-15(2)16-6-10-18(11-7-16)28-22(31)14-33-26-29-24-23(20-4-3-5-21(20)34-24)25(32)30(26)19-12-8-17(27)9-13-19/h6-13,15H,3-5,14H2,1-2H3,(H,28,31). The normalized spacial score (nSPS) is 12.9. The molecule has 0 fully saturated rings. The van der Waals surface area contributed by atoms with Crippen LogP contribution in [0.4, 0.5) is 5.69 Å². The third kappa shape index (κ3) is 4.52. The fourth-order valence-electron chi connectivity index (χ4n) is 4.22. The molecule has 34 heavy (non-hydrogen) atoms. The van der Waals surface area contributed by atoms with Crippen molar-refractivity contribution in [2.75, 3.05) is 11.1 Å². The second kappa shape index (κ2) is 9.56. The van der Waals surface area contributed by atoms with Crippen LogP contribution in [0.2, 0.25) is 5.02 Å². The molecule has 5 nitrogen and oxygen atoms in total.